The van der Waals surface area contributed by atoms with Gasteiger partial charge in [0.2, 0.25) is 0 Å². The highest BCUT2D eigenvalue weighted by Gasteiger charge is 2.24. The van der Waals surface area contributed by atoms with Gasteiger partial charge >= 0.3 is 5.97 Å². The van der Waals surface area contributed by atoms with Gasteiger partial charge in [0, 0.05) is 7.05 Å². The van der Waals surface area contributed by atoms with Crippen molar-refractivity contribution >= 4 is 27.3 Å². The molecule has 0 atom stereocenters. The molecule has 1 aromatic rings. The Bertz CT molecular complexity index is 465. The summed E-state index contributed by atoms with van der Waals surface area (Å²) in [5.74, 6) is -1.19. The fourth-order valence-electron chi connectivity index (χ4n) is 0.890. The maximum Gasteiger partial charge on any atom is 0.318 e. The van der Waals surface area contributed by atoms with E-state index in [-0.39, 0.29) is 4.21 Å². The number of likely N-dealkylation sites (N-methyl/N-ethyl adjacent to an activating group) is 1. The molecule has 1 aromatic heterocycles. The molecule has 0 saturated carbocycles. The van der Waals surface area contributed by atoms with Gasteiger partial charge in [0.25, 0.3) is 10.0 Å². The van der Waals surface area contributed by atoms with E-state index in [9.17, 15) is 13.2 Å². The Morgan fingerprint density at radius 1 is 1.67 bits per heavy atom. The molecule has 0 aliphatic heterocycles. The van der Waals surface area contributed by atoms with Crippen molar-refractivity contribution in [3.05, 3.63) is 11.2 Å². The lowest BCUT2D eigenvalue weighted by Gasteiger charge is -2.12. The molecule has 0 amide bonds. The van der Waals surface area contributed by atoms with Gasteiger partial charge in [-0.3, -0.25) is 4.79 Å². The van der Waals surface area contributed by atoms with Crippen molar-refractivity contribution in [1.29, 1.82) is 0 Å². The van der Waals surface area contributed by atoms with Gasteiger partial charge in [-0.2, -0.15) is 4.31 Å². The van der Waals surface area contributed by atoms with E-state index in [1.165, 1.54) is 13.2 Å². The van der Waals surface area contributed by atoms with Crippen LogP contribution in [0.5, 0.6) is 0 Å². The predicted octanol–water partition coefficient (Wildman–Crippen LogP) is 0.157. The lowest BCUT2D eigenvalue weighted by molar-refractivity contribution is -0.137. The van der Waals surface area contributed by atoms with Gasteiger partial charge in [-0.1, -0.05) is 0 Å². The van der Waals surface area contributed by atoms with E-state index in [1.807, 2.05) is 0 Å². The first-order valence-electron chi connectivity index (χ1n) is 3.94. The molecule has 0 bridgehead atoms. The first-order chi connectivity index (χ1) is 6.84. The molecule has 15 heavy (non-hydrogen) atoms. The van der Waals surface area contributed by atoms with Crippen molar-refractivity contribution in [3.8, 4) is 0 Å². The lowest BCUT2D eigenvalue weighted by atomic mass is 10.7. The summed E-state index contributed by atoms with van der Waals surface area (Å²) in [7, 11) is -2.48. The van der Waals surface area contributed by atoms with Gasteiger partial charge < -0.3 is 5.11 Å². The van der Waals surface area contributed by atoms with Crippen LogP contribution in [0, 0.1) is 6.92 Å². The summed E-state index contributed by atoms with van der Waals surface area (Å²) in [6.07, 6.45) is 1.23. The average Bonchev–Trinajstić information content (AvgIpc) is 2.50. The van der Waals surface area contributed by atoms with Crippen LogP contribution in [-0.2, 0) is 14.8 Å². The molecule has 0 aliphatic carbocycles. The molecule has 1 heterocycles. The van der Waals surface area contributed by atoms with Gasteiger partial charge in [-0.15, -0.1) is 11.3 Å². The Kier molecular flexibility index (Phi) is 3.42. The van der Waals surface area contributed by atoms with E-state index in [0.29, 0.717) is 5.01 Å². The number of carbonyl (C=O) groups is 1. The summed E-state index contributed by atoms with van der Waals surface area (Å²) >= 11 is 1.02. The lowest BCUT2D eigenvalue weighted by Crippen LogP contribution is -2.31. The summed E-state index contributed by atoms with van der Waals surface area (Å²) in [4.78, 5) is 14.2. The van der Waals surface area contributed by atoms with Gasteiger partial charge in [-0.25, -0.2) is 13.4 Å². The Balaban J connectivity index is 2.98. The van der Waals surface area contributed by atoms with Crippen molar-refractivity contribution in [2.75, 3.05) is 13.6 Å². The Hall–Kier alpha value is -0.990. The molecule has 0 fully saturated rings. The summed E-state index contributed by atoms with van der Waals surface area (Å²) in [6.45, 7) is 1.13. The number of carboxylic acids is 1. The predicted molar refractivity (Wildman–Crippen MR) is 54.3 cm³/mol. The molecule has 0 unspecified atom stereocenters. The minimum atomic E-state index is -3.70. The van der Waals surface area contributed by atoms with Crippen molar-refractivity contribution < 1.29 is 18.3 Å². The monoisotopic (exact) mass is 250 g/mol. The first-order valence-corrected chi connectivity index (χ1v) is 6.20. The zero-order valence-corrected chi connectivity index (χ0v) is 9.80. The van der Waals surface area contributed by atoms with E-state index < -0.39 is 22.5 Å². The molecule has 0 aliphatic rings. The third-order valence-electron chi connectivity index (χ3n) is 1.62. The SMILES string of the molecule is Cc1ncc(S(=O)(=O)N(C)CC(=O)O)s1. The number of hydrogen-bond donors (Lipinski definition) is 1. The van der Waals surface area contributed by atoms with Crippen LogP contribution in [0.3, 0.4) is 0 Å². The molecule has 8 heteroatoms. The number of rotatable bonds is 4. The maximum atomic E-state index is 11.7. The van der Waals surface area contributed by atoms with Gasteiger partial charge in [0.05, 0.1) is 11.2 Å². The average molecular weight is 250 g/mol. The summed E-state index contributed by atoms with van der Waals surface area (Å²) in [5, 5.41) is 9.10. The highest BCUT2D eigenvalue weighted by atomic mass is 32.2. The number of carboxylic acid groups (broad SMARTS) is 1. The van der Waals surface area contributed by atoms with Crippen molar-refractivity contribution in [2.45, 2.75) is 11.1 Å². The van der Waals surface area contributed by atoms with E-state index in [4.69, 9.17) is 5.11 Å². The second-order valence-corrected chi connectivity index (χ2v) is 6.36. The minimum absolute atomic E-state index is 0.0590. The molecule has 1 N–H and O–H groups in total. The number of aryl methyl sites for hydroxylation is 1. The second kappa shape index (κ2) is 4.25. The zero-order chi connectivity index (χ0) is 11.6. The smallest absolute Gasteiger partial charge is 0.318 e. The number of nitrogens with zero attached hydrogens (tertiary/aromatic N) is 2. The van der Waals surface area contributed by atoms with Crippen LogP contribution in [0.25, 0.3) is 0 Å². The molecule has 0 radical (unpaired) electrons. The number of hydrogen-bond acceptors (Lipinski definition) is 5. The Labute approximate surface area is 91.2 Å². The third-order valence-corrected chi connectivity index (χ3v) is 4.78. The fourth-order valence-corrected chi connectivity index (χ4v) is 3.33. The first kappa shape index (κ1) is 12.1. The van der Waals surface area contributed by atoms with E-state index in [2.05, 4.69) is 4.98 Å². The van der Waals surface area contributed by atoms with Gasteiger partial charge in [0.15, 0.2) is 4.21 Å². The molecule has 1 rings (SSSR count). The van der Waals surface area contributed by atoms with Crippen molar-refractivity contribution in [2.24, 2.45) is 0 Å². The largest absolute Gasteiger partial charge is 0.480 e. The molecule has 0 aromatic carbocycles. The molecular weight excluding hydrogens is 240 g/mol. The minimum Gasteiger partial charge on any atom is -0.480 e. The summed E-state index contributed by atoms with van der Waals surface area (Å²) in [5.41, 5.74) is 0. The number of aliphatic carboxylic acids is 1. The van der Waals surface area contributed by atoms with Crippen molar-refractivity contribution in [1.82, 2.24) is 9.29 Å². The van der Waals surface area contributed by atoms with Crippen LogP contribution in [0.4, 0.5) is 0 Å². The van der Waals surface area contributed by atoms with Gasteiger partial charge in [-0.05, 0) is 6.92 Å². The maximum absolute atomic E-state index is 11.7. The van der Waals surface area contributed by atoms with Crippen LogP contribution in [0.2, 0.25) is 0 Å². The number of aromatic nitrogens is 1. The fraction of sp³-hybridized carbons (Fsp3) is 0.429. The van der Waals surface area contributed by atoms with Gasteiger partial charge in [0.1, 0.15) is 6.54 Å². The molecular formula is C7H10N2O4S2. The summed E-state index contributed by atoms with van der Waals surface area (Å²) in [6, 6.07) is 0. The molecule has 84 valence electrons. The Morgan fingerprint density at radius 2 is 2.27 bits per heavy atom. The van der Waals surface area contributed by atoms with Crippen LogP contribution < -0.4 is 0 Å². The highest BCUT2D eigenvalue weighted by molar-refractivity contribution is 7.91. The van der Waals surface area contributed by atoms with E-state index >= 15 is 0 Å². The van der Waals surface area contributed by atoms with E-state index in [0.717, 1.165) is 15.6 Å². The standard InChI is InChI=1S/C7H10N2O4S2/c1-5-8-3-7(14-5)15(12,13)9(2)4-6(10)11/h3H,4H2,1-2H3,(H,10,11). The topological polar surface area (TPSA) is 87.6 Å². The summed E-state index contributed by atoms with van der Waals surface area (Å²) < 4.78 is 24.3. The molecule has 0 saturated heterocycles. The molecule has 0 spiro atoms. The molecule has 6 nitrogen and oxygen atoms in total. The van der Waals surface area contributed by atoms with Crippen LogP contribution >= 0.6 is 11.3 Å². The normalized spacial score (nSPS) is 11.9. The van der Waals surface area contributed by atoms with Crippen LogP contribution in [0.1, 0.15) is 5.01 Å². The second-order valence-electron chi connectivity index (χ2n) is 2.85. The highest BCUT2D eigenvalue weighted by Crippen LogP contribution is 2.20. The number of thiazole rings is 1. The van der Waals surface area contributed by atoms with Crippen LogP contribution in [0.15, 0.2) is 10.4 Å². The third kappa shape index (κ3) is 2.74. The van der Waals surface area contributed by atoms with E-state index in [1.54, 1.807) is 6.92 Å². The zero-order valence-electron chi connectivity index (χ0n) is 8.17. The quantitative estimate of drug-likeness (QED) is 0.822. The van der Waals surface area contributed by atoms with Crippen molar-refractivity contribution in [3.63, 3.8) is 0 Å². The van der Waals surface area contributed by atoms with Crippen LogP contribution in [-0.4, -0.2) is 42.4 Å². The Morgan fingerprint density at radius 3 is 2.67 bits per heavy atom. The number of sulfonamides is 1.